The lowest BCUT2D eigenvalue weighted by atomic mass is 9.87. The molecule has 26 heavy (non-hydrogen) atoms. The number of aliphatic imine (C=N–C) groups is 1. The second-order valence-electron chi connectivity index (χ2n) is 6.83. The summed E-state index contributed by atoms with van der Waals surface area (Å²) in [5.41, 5.74) is 0.975. The zero-order valence-electron chi connectivity index (χ0n) is 15.1. The van der Waals surface area contributed by atoms with E-state index in [1.165, 1.54) is 44.2 Å². The average molecular weight is 488 g/mol. The number of nitriles is 1. The molecule has 0 unspecified atom stereocenters. The lowest BCUT2D eigenvalue weighted by Gasteiger charge is -2.45. The largest absolute Gasteiger partial charge is 0.352 e. The summed E-state index contributed by atoms with van der Waals surface area (Å²) in [6, 6.07) is 6.52. The molecular formula is C19H26FIN4S. The summed E-state index contributed by atoms with van der Waals surface area (Å²) in [7, 11) is 1.78. The molecule has 2 fully saturated rings. The van der Waals surface area contributed by atoms with Crippen LogP contribution in [0.5, 0.6) is 0 Å². The van der Waals surface area contributed by atoms with Crippen molar-refractivity contribution >= 4 is 41.7 Å². The Morgan fingerprint density at radius 2 is 2.15 bits per heavy atom. The van der Waals surface area contributed by atoms with E-state index in [4.69, 9.17) is 5.26 Å². The summed E-state index contributed by atoms with van der Waals surface area (Å²) in [4.78, 5) is 6.73. The molecule has 3 rings (SSSR count). The summed E-state index contributed by atoms with van der Waals surface area (Å²) in [6.45, 7) is 2.32. The van der Waals surface area contributed by atoms with Gasteiger partial charge < -0.3 is 10.2 Å². The minimum Gasteiger partial charge on any atom is -0.352 e. The molecule has 1 aromatic carbocycles. The SMILES string of the molecule is CN=C(NCc1cc(C#N)ccc1F)N1CCSC2(CCCCC2)C1.I. The summed E-state index contributed by atoms with van der Waals surface area (Å²) >= 11 is 2.12. The smallest absolute Gasteiger partial charge is 0.193 e. The van der Waals surface area contributed by atoms with Crippen molar-refractivity contribution < 1.29 is 4.39 Å². The van der Waals surface area contributed by atoms with Crippen molar-refractivity contribution in [3.8, 4) is 6.07 Å². The van der Waals surface area contributed by atoms with Crippen LogP contribution in [0.4, 0.5) is 4.39 Å². The van der Waals surface area contributed by atoms with Gasteiger partial charge in [0, 0.05) is 42.7 Å². The van der Waals surface area contributed by atoms with Crippen molar-refractivity contribution in [1.82, 2.24) is 10.2 Å². The van der Waals surface area contributed by atoms with Crippen molar-refractivity contribution in [2.45, 2.75) is 43.4 Å². The maximum atomic E-state index is 14.0. The molecule has 1 saturated heterocycles. The quantitative estimate of drug-likeness (QED) is 0.386. The highest BCUT2D eigenvalue weighted by molar-refractivity contribution is 14.0. The monoisotopic (exact) mass is 488 g/mol. The molecule has 1 N–H and O–H groups in total. The van der Waals surface area contributed by atoms with E-state index >= 15 is 0 Å². The van der Waals surface area contributed by atoms with Gasteiger partial charge >= 0.3 is 0 Å². The van der Waals surface area contributed by atoms with Gasteiger partial charge in [0.15, 0.2) is 5.96 Å². The van der Waals surface area contributed by atoms with Gasteiger partial charge in [-0.25, -0.2) is 4.39 Å². The lowest BCUT2D eigenvalue weighted by Crippen LogP contribution is -2.53. The second-order valence-corrected chi connectivity index (χ2v) is 8.40. The van der Waals surface area contributed by atoms with E-state index in [0.29, 0.717) is 22.4 Å². The number of halogens is 2. The molecule has 2 aliphatic rings. The fourth-order valence-electron chi connectivity index (χ4n) is 3.81. The first-order valence-electron chi connectivity index (χ1n) is 8.94. The minimum atomic E-state index is -0.292. The van der Waals surface area contributed by atoms with Gasteiger partial charge in [0.1, 0.15) is 5.82 Å². The fourth-order valence-corrected chi connectivity index (χ4v) is 5.38. The highest BCUT2D eigenvalue weighted by atomic mass is 127. The highest BCUT2D eigenvalue weighted by Crippen LogP contribution is 2.42. The van der Waals surface area contributed by atoms with E-state index < -0.39 is 0 Å². The fraction of sp³-hybridized carbons (Fsp3) is 0.579. The number of nitrogens with zero attached hydrogens (tertiary/aromatic N) is 3. The van der Waals surface area contributed by atoms with Gasteiger partial charge in [0.05, 0.1) is 11.6 Å². The molecule has 1 saturated carbocycles. The number of nitrogens with one attached hydrogen (secondary N) is 1. The summed E-state index contributed by atoms with van der Waals surface area (Å²) < 4.78 is 14.3. The van der Waals surface area contributed by atoms with Crippen LogP contribution in [0.25, 0.3) is 0 Å². The van der Waals surface area contributed by atoms with Crippen LogP contribution in [0.1, 0.15) is 43.2 Å². The maximum Gasteiger partial charge on any atom is 0.193 e. The van der Waals surface area contributed by atoms with E-state index in [2.05, 4.69) is 33.0 Å². The second kappa shape index (κ2) is 9.79. The third-order valence-corrected chi connectivity index (χ3v) is 6.67. The number of benzene rings is 1. The van der Waals surface area contributed by atoms with Crippen LogP contribution < -0.4 is 5.32 Å². The first kappa shape index (κ1) is 21.3. The topological polar surface area (TPSA) is 51.4 Å². The third kappa shape index (κ3) is 5.03. The van der Waals surface area contributed by atoms with E-state index in [0.717, 1.165) is 24.8 Å². The summed E-state index contributed by atoms with van der Waals surface area (Å²) in [5.74, 6) is 1.64. The molecule has 142 valence electrons. The van der Waals surface area contributed by atoms with Crippen molar-refractivity contribution in [3.63, 3.8) is 0 Å². The molecular weight excluding hydrogens is 462 g/mol. The van der Waals surface area contributed by atoms with Crippen LogP contribution in [0.15, 0.2) is 23.2 Å². The Morgan fingerprint density at radius 1 is 1.38 bits per heavy atom. The number of hydrogen-bond donors (Lipinski definition) is 1. The number of thioether (sulfide) groups is 1. The van der Waals surface area contributed by atoms with Crippen LogP contribution >= 0.6 is 35.7 Å². The van der Waals surface area contributed by atoms with Gasteiger partial charge in [0.25, 0.3) is 0 Å². The predicted molar refractivity (Wildman–Crippen MR) is 117 cm³/mol. The molecule has 0 amide bonds. The Bertz CT molecular complexity index is 677. The standard InChI is InChI=1S/C19H25FN4S.HI/c1-22-18(23-13-16-11-15(12-21)5-6-17(16)20)24-9-10-25-19(14-24)7-3-2-4-8-19;/h5-6,11H,2-4,7-10,13-14H2,1H3,(H,22,23);1H. The van der Waals surface area contributed by atoms with Gasteiger partial charge in [0.2, 0.25) is 0 Å². The first-order valence-corrected chi connectivity index (χ1v) is 9.92. The third-order valence-electron chi connectivity index (χ3n) is 5.14. The minimum absolute atomic E-state index is 0. The zero-order chi connectivity index (χ0) is 17.7. The molecule has 0 aromatic heterocycles. The Labute approximate surface area is 176 Å². The lowest BCUT2D eigenvalue weighted by molar-refractivity contribution is 0.293. The molecule has 0 radical (unpaired) electrons. The van der Waals surface area contributed by atoms with Gasteiger partial charge in [-0.3, -0.25) is 4.99 Å². The van der Waals surface area contributed by atoms with Crippen molar-refractivity contribution in [2.75, 3.05) is 25.9 Å². The Hall–Kier alpha value is -1.01. The molecule has 0 atom stereocenters. The Morgan fingerprint density at radius 3 is 2.85 bits per heavy atom. The number of guanidine groups is 1. The van der Waals surface area contributed by atoms with E-state index in [9.17, 15) is 4.39 Å². The predicted octanol–water partition coefficient (Wildman–Crippen LogP) is 4.14. The molecule has 1 spiro atoms. The van der Waals surface area contributed by atoms with E-state index in [-0.39, 0.29) is 29.8 Å². The highest BCUT2D eigenvalue weighted by Gasteiger charge is 2.38. The molecule has 1 aliphatic heterocycles. The maximum absolute atomic E-state index is 14.0. The first-order chi connectivity index (χ1) is 12.2. The van der Waals surface area contributed by atoms with Crippen molar-refractivity contribution in [2.24, 2.45) is 4.99 Å². The van der Waals surface area contributed by atoms with Gasteiger partial charge in [-0.1, -0.05) is 19.3 Å². The average Bonchev–Trinajstić information content (AvgIpc) is 2.64. The van der Waals surface area contributed by atoms with E-state index in [1.54, 1.807) is 13.1 Å². The zero-order valence-corrected chi connectivity index (χ0v) is 18.3. The molecule has 1 aromatic rings. The summed E-state index contributed by atoms with van der Waals surface area (Å²) in [6.07, 6.45) is 6.55. The van der Waals surface area contributed by atoms with Crippen molar-refractivity contribution in [1.29, 1.82) is 5.26 Å². The van der Waals surface area contributed by atoms with Crippen LogP contribution in [0.2, 0.25) is 0 Å². The number of hydrogen-bond acceptors (Lipinski definition) is 3. The van der Waals surface area contributed by atoms with Crippen molar-refractivity contribution in [3.05, 3.63) is 35.1 Å². The van der Waals surface area contributed by atoms with E-state index in [1.807, 2.05) is 0 Å². The molecule has 4 nitrogen and oxygen atoms in total. The molecule has 1 heterocycles. The van der Waals surface area contributed by atoms with Gasteiger partial charge in [-0.15, -0.1) is 24.0 Å². The Balaban J connectivity index is 0.00000243. The molecule has 1 aliphatic carbocycles. The number of rotatable bonds is 2. The van der Waals surface area contributed by atoms with Crippen LogP contribution in [0.3, 0.4) is 0 Å². The van der Waals surface area contributed by atoms with Crippen LogP contribution in [-0.4, -0.2) is 41.5 Å². The van der Waals surface area contributed by atoms with Gasteiger partial charge in [-0.2, -0.15) is 17.0 Å². The molecule has 0 bridgehead atoms. The Kier molecular flexibility index (Phi) is 8.02. The molecule has 7 heteroatoms. The summed E-state index contributed by atoms with van der Waals surface area (Å²) in [5, 5.41) is 12.3. The van der Waals surface area contributed by atoms with Crippen LogP contribution in [-0.2, 0) is 6.54 Å². The van der Waals surface area contributed by atoms with Gasteiger partial charge in [-0.05, 0) is 31.0 Å². The van der Waals surface area contributed by atoms with Crippen LogP contribution in [0, 0.1) is 17.1 Å². The normalized spacial score (nSPS) is 19.6.